The van der Waals surface area contributed by atoms with Gasteiger partial charge in [-0.25, -0.2) is 18.7 Å². The van der Waals surface area contributed by atoms with Gasteiger partial charge in [-0.05, 0) is 71.4 Å². The molecule has 20 heteroatoms. The van der Waals surface area contributed by atoms with E-state index >= 15 is 0 Å². The van der Waals surface area contributed by atoms with E-state index in [1.807, 2.05) is 23.6 Å². The SMILES string of the molecule is COc1cc(-c2nc(-c3ccnc(C)c3)c3n2C[C@@H](CF)OCC3)ccc1OC(F)(F)F.COc1cc(-c2nc(Br)c3n2C[C@@H](CF)OCC3)ccc1OC(F)(F)F. The second kappa shape index (κ2) is 17.9. The van der Waals surface area contributed by atoms with Crippen LogP contribution >= 0.6 is 15.9 Å². The first kappa shape index (κ1) is 42.7. The van der Waals surface area contributed by atoms with Gasteiger partial charge in [0.1, 0.15) is 41.8 Å². The number of halogens is 9. The summed E-state index contributed by atoms with van der Waals surface area (Å²) in [5.74, 6) is -0.125. The van der Waals surface area contributed by atoms with Crippen LogP contribution in [0, 0.1) is 6.92 Å². The number of ether oxygens (including phenoxy) is 6. The topological polar surface area (TPSA) is 104 Å². The summed E-state index contributed by atoms with van der Waals surface area (Å²) in [6.45, 7) is 1.73. The molecule has 0 spiro atoms. The first-order chi connectivity index (χ1) is 27.6. The number of aryl methyl sites for hydroxylation is 1. The fraction of sp³-hybridized carbons (Fsp3) is 0.395. The molecule has 0 radical (unpaired) electrons. The van der Waals surface area contributed by atoms with Gasteiger partial charge in [-0.15, -0.1) is 26.3 Å². The van der Waals surface area contributed by atoms with Crippen LogP contribution in [-0.2, 0) is 35.4 Å². The summed E-state index contributed by atoms with van der Waals surface area (Å²) >= 11 is 3.38. The van der Waals surface area contributed by atoms with Crippen molar-refractivity contribution >= 4 is 15.9 Å². The Bertz CT molecular complexity index is 2210. The van der Waals surface area contributed by atoms with E-state index in [1.165, 1.54) is 44.6 Å². The minimum Gasteiger partial charge on any atom is -0.493 e. The van der Waals surface area contributed by atoms with Crippen molar-refractivity contribution in [3.8, 4) is 57.0 Å². The van der Waals surface area contributed by atoms with Crippen LogP contribution < -0.4 is 18.9 Å². The number of nitrogens with zero attached hydrogens (tertiary/aromatic N) is 5. The molecule has 7 rings (SSSR count). The van der Waals surface area contributed by atoms with Crippen molar-refractivity contribution in [1.29, 1.82) is 0 Å². The standard InChI is InChI=1S/C22H21F4N3O3.C16H15BrF4N2O3/c1-13-9-14(5-7-27-13)20-17-6-8-31-16(11-23)12-29(17)21(28-20)15-3-4-18(19(10-15)30-2)32-22(24,25)26;1-24-13-6-9(2-3-12(13)26-16(19,20)21)15-22-14(17)11-4-5-25-10(7-18)8-23(11)15/h3-5,7,9-10,16H,6,8,11-12H2,1-2H3;2-3,6,10H,4-5,7-8H2,1H3/t16-;10-/m11/s1. The van der Waals surface area contributed by atoms with E-state index in [1.54, 1.807) is 10.8 Å². The highest BCUT2D eigenvalue weighted by molar-refractivity contribution is 9.10. The molecule has 0 saturated carbocycles. The van der Waals surface area contributed by atoms with Crippen LogP contribution in [-0.4, -0.2) is 89.8 Å². The van der Waals surface area contributed by atoms with Gasteiger partial charge < -0.3 is 37.6 Å². The van der Waals surface area contributed by atoms with Gasteiger partial charge in [-0.1, -0.05) is 0 Å². The van der Waals surface area contributed by atoms with Crippen molar-refractivity contribution in [1.82, 2.24) is 24.1 Å². The van der Waals surface area contributed by atoms with Crippen molar-refractivity contribution in [2.75, 3.05) is 40.8 Å². The van der Waals surface area contributed by atoms with Crippen molar-refractivity contribution in [2.24, 2.45) is 0 Å². The molecule has 2 aliphatic heterocycles. The van der Waals surface area contributed by atoms with E-state index in [-0.39, 0.29) is 24.6 Å². The smallest absolute Gasteiger partial charge is 0.493 e. The van der Waals surface area contributed by atoms with E-state index in [0.717, 1.165) is 28.7 Å². The molecule has 0 aliphatic carbocycles. The van der Waals surface area contributed by atoms with Gasteiger partial charge >= 0.3 is 12.7 Å². The number of imidazole rings is 2. The largest absolute Gasteiger partial charge is 0.573 e. The predicted molar refractivity (Wildman–Crippen MR) is 196 cm³/mol. The van der Waals surface area contributed by atoms with E-state index in [9.17, 15) is 35.1 Å². The number of methoxy groups -OCH3 is 2. The monoisotopic (exact) mass is 889 g/mol. The van der Waals surface area contributed by atoms with Crippen molar-refractivity contribution in [3.05, 3.63) is 76.4 Å². The summed E-state index contributed by atoms with van der Waals surface area (Å²) in [6, 6.07) is 11.8. The fourth-order valence-corrected chi connectivity index (χ4v) is 7.15. The maximum atomic E-state index is 13.5. The third-order valence-corrected chi connectivity index (χ3v) is 9.70. The molecular weight excluding hydrogens is 854 g/mol. The lowest BCUT2D eigenvalue weighted by Crippen LogP contribution is -2.21. The molecule has 312 valence electrons. The van der Waals surface area contributed by atoms with Gasteiger partial charge in [0.15, 0.2) is 23.0 Å². The molecule has 0 bridgehead atoms. The number of benzene rings is 2. The molecule has 2 atom stereocenters. The van der Waals surface area contributed by atoms with E-state index in [2.05, 4.69) is 35.4 Å². The van der Waals surface area contributed by atoms with Gasteiger partial charge in [0.2, 0.25) is 0 Å². The lowest BCUT2D eigenvalue weighted by molar-refractivity contribution is -0.276. The average molecular weight is 891 g/mol. The van der Waals surface area contributed by atoms with Crippen LogP contribution in [0.1, 0.15) is 17.1 Å². The Morgan fingerprint density at radius 3 is 1.67 bits per heavy atom. The van der Waals surface area contributed by atoms with Crippen LogP contribution in [0.2, 0.25) is 0 Å². The van der Waals surface area contributed by atoms with Crippen LogP contribution in [0.25, 0.3) is 34.0 Å². The van der Waals surface area contributed by atoms with Gasteiger partial charge in [-0.2, -0.15) is 0 Å². The van der Waals surface area contributed by atoms with E-state index in [4.69, 9.17) is 23.9 Å². The van der Waals surface area contributed by atoms with Crippen molar-refractivity contribution in [3.63, 3.8) is 0 Å². The normalized spacial score (nSPS) is 16.9. The highest BCUT2D eigenvalue weighted by Gasteiger charge is 2.34. The first-order valence-corrected chi connectivity index (χ1v) is 18.4. The Morgan fingerprint density at radius 2 is 1.19 bits per heavy atom. The third kappa shape index (κ3) is 10.0. The second-order valence-corrected chi connectivity index (χ2v) is 13.7. The minimum atomic E-state index is -4.85. The summed E-state index contributed by atoms with van der Waals surface area (Å²) in [6.07, 6.45) is -8.20. The van der Waals surface area contributed by atoms with Crippen LogP contribution in [0.5, 0.6) is 23.0 Å². The highest BCUT2D eigenvalue weighted by Crippen LogP contribution is 2.39. The lowest BCUT2D eigenvalue weighted by Gasteiger charge is -2.16. The van der Waals surface area contributed by atoms with Gasteiger partial charge in [-0.3, -0.25) is 4.98 Å². The Hall–Kier alpha value is -4.95. The summed E-state index contributed by atoms with van der Waals surface area (Å²) in [7, 11) is 2.50. The van der Waals surface area contributed by atoms with Crippen LogP contribution in [0.3, 0.4) is 0 Å². The third-order valence-electron chi connectivity index (χ3n) is 9.06. The zero-order valence-electron chi connectivity index (χ0n) is 31.1. The number of pyridine rings is 1. The number of fused-ring (bicyclic) bond motifs is 2. The van der Waals surface area contributed by atoms with Crippen molar-refractivity contribution < 1.29 is 63.5 Å². The van der Waals surface area contributed by atoms with E-state index in [0.29, 0.717) is 59.1 Å². The Balaban J connectivity index is 0.000000200. The Morgan fingerprint density at radius 1 is 0.690 bits per heavy atom. The molecular formula is C38H36BrF8N5O6. The molecule has 5 aromatic rings. The predicted octanol–water partition coefficient (Wildman–Crippen LogP) is 8.87. The maximum absolute atomic E-state index is 13.5. The molecule has 0 fully saturated rings. The molecule has 5 heterocycles. The fourth-order valence-electron chi connectivity index (χ4n) is 6.57. The van der Waals surface area contributed by atoms with Gasteiger partial charge in [0.05, 0.1) is 51.9 Å². The molecule has 0 amide bonds. The summed E-state index contributed by atoms with van der Waals surface area (Å²) in [5.41, 5.74) is 5.07. The molecule has 0 saturated heterocycles. The highest BCUT2D eigenvalue weighted by atomic mass is 79.9. The zero-order valence-corrected chi connectivity index (χ0v) is 32.7. The van der Waals surface area contributed by atoms with Gasteiger partial charge in [0, 0.05) is 47.1 Å². The molecule has 2 aliphatic rings. The zero-order chi connectivity index (χ0) is 41.8. The maximum Gasteiger partial charge on any atom is 0.573 e. The lowest BCUT2D eigenvalue weighted by atomic mass is 10.1. The summed E-state index contributed by atoms with van der Waals surface area (Å²) in [5, 5.41) is 0. The molecule has 3 aromatic heterocycles. The summed E-state index contributed by atoms with van der Waals surface area (Å²) in [4.78, 5) is 13.5. The molecule has 58 heavy (non-hydrogen) atoms. The molecule has 11 nitrogen and oxygen atoms in total. The first-order valence-electron chi connectivity index (χ1n) is 17.6. The van der Waals surface area contributed by atoms with Gasteiger partial charge in [0.25, 0.3) is 0 Å². The van der Waals surface area contributed by atoms with E-state index < -0.39 is 49.8 Å². The molecule has 2 aromatic carbocycles. The van der Waals surface area contributed by atoms with Crippen LogP contribution in [0.15, 0.2) is 59.3 Å². The van der Waals surface area contributed by atoms with Crippen molar-refractivity contribution in [2.45, 2.75) is 57.8 Å². The number of rotatable bonds is 9. The average Bonchev–Trinajstić information content (AvgIpc) is 3.47. The second-order valence-electron chi connectivity index (χ2n) is 12.9. The number of alkyl halides is 8. The Kier molecular flexibility index (Phi) is 13.2. The number of aromatic nitrogens is 5. The molecule has 0 unspecified atom stereocenters. The number of hydrogen-bond acceptors (Lipinski definition) is 9. The molecule has 0 N–H and O–H groups in total. The quantitative estimate of drug-likeness (QED) is 0.134. The minimum absolute atomic E-state index is 0.0831. The Labute approximate surface area is 334 Å². The van der Waals surface area contributed by atoms with Crippen LogP contribution in [0.4, 0.5) is 35.1 Å². The summed E-state index contributed by atoms with van der Waals surface area (Å²) < 4.78 is 136. The number of hydrogen-bond donors (Lipinski definition) is 0.